The Morgan fingerprint density at radius 3 is 2.53 bits per heavy atom. The zero-order valence-electron chi connectivity index (χ0n) is 17.4. The Morgan fingerprint density at radius 2 is 1.91 bits per heavy atom. The molecule has 0 saturated carbocycles. The van der Waals surface area contributed by atoms with Crippen LogP contribution in [0.25, 0.3) is 11.1 Å². The molecule has 4 rings (SSSR count). The number of alkyl halides is 3. The van der Waals surface area contributed by atoms with Crippen LogP contribution in [0, 0.1) is 0 Å². The van der Waals surface area contributed by atoms with Crippen LogP contribution in [0.3, 0.4) is 0 Å². The number of hydrogen-bond donors (Lipinski definition) is 2. The first-order chi connectivity index (χ1) is 16.0. The largest absolute Gasteiger partial charge is 0.451 e. The Morgan fingerprint density at radius 1 is 1.15 bits per heavy atom. The number of nitrogens with one attached hydrogen (secondary N) is 1. The number of rotatable bonds is 5. The molecule has 0 spiro atoms. The number of halogens is 4. The van der Waals surface area contributed by atoms with Gasteiger partial charge >= 0.3 is 11.9 Å². The van der Waals surface area contributed by atoms with E-state index >= 15 is 0 Å². The summed E-state index contributed by atoms with van der Waals surface area (Å²) in [6.45, 7) is -0.263. The van der Waals surface area contributed by atoms with E-state index in [-0.39, 0.29) is 29.0 Å². The molecule has 0 radical (unpaired) electrons. The van der Waals surface area contributed by atoms with Gasteiger partial charge in [-0.3, -0.25) is 9.36 Å². The molecule has 34 heavy (non-hydrogen) atoms. The van der Waals surface area contributed by atoms with Gasteiger partial charge in [0.05, 0.1) is 6.54 Å². The van der Waals surface area contributed by atoms with E-state index in [1.807, 2.05) is 0 Å². The van der Waals surface area contributed by atoms with Crippen LogP contribution in [-0.2, 0) is 19.8 Å². The molecule has 9 nitrogen and oxygen atoms in total. The number of hydrogen-bond acceptors (Lipinski definition) is 6. The first-order valence-corrected chi connectivity index (χ1v) is 10.0. The third kappa shape index (κ3) is 4.66. The van der Waals surface area contributed by atoms with Gasteiger partial charge in [-0.15, -0.1) is 0 Å². The van der Waals surface area contributed by atoms with Crippen LogP contribution in [0.4, 0.5) is 19.0 Å². The van der Waals surface area contributed by atoms with Gasteiger partial charge in [-0.1, -0.05) is 11.6 Å². The number of nitrogens with zero attached hydrogens (tertiary/aromatic N) is 4. The third-order valence-electron chi connectivity index (χ3n) is 4.92. The molecule has 1 aromatic carbocycles. The van der Waals surface area contributed by atoms with Crippen molar-refractivity contribution in [2.45, 2.75) is 12.7 Å². The molecule has 0 saturated heterocycles. The van der Waals surface area contributed by atoms with Crippen LogP contribution in [0.5, 0.6) is 11.5 Å². The van der Waals surface area contributed by atoms with E-state index in [0.29, 0.717) is 11.1 Å². The summed E-state index contributed by atoms with van der Waals surface area (Å²) in [5.74, 6) is -0.610. The van der Waals surface area contributed by atoms with Crippen LogP contribution in [0.2, 0.25) is 5.02 Å². The zero-order valence-corrected chi connectivity index (χ0v) is 18.2. The number of H-pyrrole nitrogens is 1. The summed E-state index contributed by atoms with van der Waals surface area (Å²) in [4.78, 5) is 28.5. The van der Waals surface area contributed by atoms with E-state index in [2.05, 4.69) is 15.2 Å². The smallest absolute Gasteiger partial charge is 0.420 e. The monoisotopic (exact) mass is 492 g/mol. The fourth-order valence-electron chi connectivity index (χ4n) is 3.16. The van der Waals surface area contributed by atoms with Crippen molar-refractivity contribution in [1.29, 1.82) is 0 Å². The maximum absolute atomic E-state index is 13.7. The van der Waals surface area contributed by atoms with Crippen LogP contribution >= 0.6 is 11.6 Å². The molecule has 0 unspecified atom stereocenters. The van der Waals surface area contributed by atoms with Gasteiger partial charge in [0.2, 0.25) is 5.75 Å². The Labute approximate surface area is 194 Å². The van der Waals surface area contributed by atoms with E-state index < -0.39 is 28.7 Å². The zero-order chi connectivity index (χ0) is 24.6. The van der Waals surface area contributed by atoms with Gasteiger partial charge < -0.3 is 15.0 Å². The predicted molar refractivity (Wildman–Crippen MR) is 118 cm³/mol. The fraction of sp³-hybridized carbons (Fsp3) is 0.143. The van der Waals surface area contributed by atoms with Crippen LogP contribution in [0.1, 0.15) is 11.4 Å². The Kier molecular flexibility index (Phi) is 5.92. The maximum Gasteiger partial charge on any atom is 0.420 e. The molecule has 3 aromatic heterocycles. The average molecular weight is 493 g/mol. The quantitative estimate of drug-likeness (QED) is 0.440. The second kappa shape index (κ2) is 8.71. The minimum absolute atomic E-state index is 0.0909. The molecule has 0 bridgehead atoms. The number of pyridine rings is 2. The van der Waals surface area contributed by atoms with Crippen molar-refractivity contribution >= 4 is 17.4 Å². The van der Waals surface area contributed by atoms with E-state index in [1.165, 1.54) is 25.4 Å². The topological polar surface area (TPSA) is 121 Å². The number of benzene rings is 1. The Hall–Kier alpha value is -4.06. The maximum atomic E-state index is 13.7. The molecule has 13 heteroatoms. The minimum Gasteiger partial charge on any atom is -0.451 e. The van der Waals surface area contributed by atoms with Gasteiger partial charge in [0.1, 0.15) is 17.1 Å². The lowest BCUT2D eigenvalue weighted by Gasteiger charge is -2.16. The molecule has 176 valence electrons. The minimum atomic E-state index is -4.87. The molecule has 3 N–H and O–H groups in total. The molecule has 3 heterocycles. The summed E-state index contributed by atoms with van der Waals surface area (Å²) in [5.41, 5.74) is 3.80. The predicted octanol–water partition coefficient (Wildman–Crippen LogP) is 3.43. The van der Waals surface area contributed by atoms with Crippen molar-refractivity contribution in [3.63, 3.8) is 0 Å². The van der Waals surface area contributed by atoms with Crippen molar-refractivity contribution < 1.29 is 17.9 Å². The van der Waals surface area contributed by atoms with Gasteiger partial charge in [0, 0.05) is 30.0 Å². The standard InChI is InChI=1S/C21H16ClF3N6O3/c1-30-17(28-29-20(30)33)10-31-5-4-15(21(23,24)25)18(19(31)32)34-14-7-12(6-13(22)8-14)11-2-3-16(26)27-9-11/h2-9H,10H2,1H3,(H2,26,27)(H,29,33). The van der Waals surface area contributed by atoms with Crippen molar-refractivity contribution in [2.75, 3.05) is 5.73 Å². The molecule has 0 atom stereocenters. The highest BCUT2D eigenvalue weighted by atomic mass is 35.5. The molecule has 0 fully saturated rings. The second-order valence-electron chi connectivity index (χ2n) is 7.24. The van der Waals surface area contributed by atoms with E-state index in [0.717, 1.165) is 21.4 Å². The first-order valence-electron chi connectivity index (χ1n) is 9.64. The van der Waals surface area contributed by atoms with Gasteiger partial charge in [-0.2, -0.15) is 18.3 Å². The normalized spacial score (nSPS) is 11.6. The summed E-state index contributed by atoms with van der Waals surface area (Å²) in [6.07, 6.45) is -2.44. The second-order valence-corrected chi connectivity index (χ2v) is 7.68. The summed E-state index contributed by atoms with van der Waals surface area (Å²) >= 11 is 6.15. The van der Waals surface area contributed by atoms with Gasteiger partial charge in [0.25, 0.3) is 5.56 Å². The van der Waals surface area contributed by atoms with E-state index in [1.54, 1.807) is 18.2 Å². The van der Waals surface area contributed by atoms with Crippen molar-refractivity contribution in [3.8, 4) is 22.6 Å². The summed E-state index contributed by atoms with van der Waals surface area (Å²) in [5, 5.41) is 6.14. The number of nitrogen functional groups attached to an aromatic ring is 1. The lowest BCUT2D eigenvalue weighted by atomic mass is 10.1. The molecule has 0 amide bonds. The van der Waals surface area contributed by atoms with Crippen molar-refractivity contribution in [1.82, 2.24) is 24.3 Å². The number of nitrogens with two attached hydrogens (primary N) is 1. The van der Waals surface area contributed by atoms with Gasteiger partial charge in [0.15, 0.2) is 5.82 Å². The number of aromatic nitrogens is 5. The highest BCUT2D eigenvalue weighted by Crippen LogP contribution is 2.37. The fourth-order valence-corrected chi connectivity index (χ4v) is 3.38. The van der Waals surface area contributed by atoms with Crippen LogP contribution in [0.15, 0.2) is 58.4 Å². The number of ether oxygens (including phenoxy) is 1. The van der Waals surface area contributed by atoms with E-state index in [4.69, 9.17) is 22.1 Å². The van der Waals surface area contributed by atoms with Gasteiger partial charge in [-0.25, -0.2) is 14.9 Å². The molecular weight excluding hydrogens is 477 g/mol. The molecule has 4 aromatic rings. The highest BCUT2D eigenvalue weighted by molar-refractivity contribution is 6.31. The molecule has 0 aliphatic heterocycles. The summed E-state index contributed by atoms with van der Waals surface area (Å²) in [6, 6.07) is 8.20. The number of aromatic amines is 1. The average Bonchev–Trinajstić information content (AvgIpc) is 3.08. The van der Waals surface area contributed by atoms with Crippen LogP contribution in [-0.4, -0.2) is 24.3 Å². The van der Waals surface area contributed by atoms with Crippen molar-refractivity contribution in [3.05, 3.63) is 86.0 Å². The molecule has 0 aliphatic rings. The van der Waals surface area contributed by atoms with Crippen molar-refractivity contribution in [2.24, 2.45) is 7.05 Å². The summed E-state index contributed by atoms with van der Waals surface area (Å²) < 4.78 is 48.6. The number of anilines is 1. The SMILES string of the molecule is Cn1c(Cn2ccc(C(F)(F)F)c(Oc3cc(Cl)cc(-c4ccc(N)nc4)c3)c2=O)n[nH]c1=O. The van der Waals surface area contributed by atoms with E-state index in [9.17, 15) is 22.8 Å². The summed E-state index contributed by atoms with van der Waals surface area (Å²) in [7, 11) is 1.41. The highest BCUT2D eigenvalue weighted by Gasteiger charge is 2.36. The molecule has 0 aliphatic carbocycles. The van der Waals surface area contributed by atoms with Crippen LogP contribution < -0.4 is 21.7 Å². The molecular formula is C21H16ClF3N6O3. The third-order valence-corrected chi connectivity index (χ3v) is 5.14. The first kappa shape index (κ1) is 23.1. The lowest BCUT2D eigenvalue weighted by molar-refractivity contribution is -0.138. The van der Waals surface area contributed by atoms with Gasteiger partial charge in [-0.05, 0) is 42.0 Å². The Balaban J connectivity index is 1.78. The lowest BCUT2D eigenvalue weighted by Crippen LogP contribution is -2.26. The Bertz CT molecular complexity index is 1480.